The fourth-order valence-corrected chi connectivity index (χ4v) is 4.38. The second-order valence-electron chi connectivity index (χ2n) is 8.89. The maximum absolute atomic E-state index is 12.3. The summed E-state index contributed by atoms with van der Waals surface area (Å²) < 4.78 is 5.66. The van der Waals surface area contributed by atoms with E-state index in [4.69, 9.17) is 4.74 Å². The van der Waals surface area contributed by atoms with Crippen molar-refractivity contribution in [3.8, 4) is 0 Å². The number of benzene rings is 1. The quantitative estimate of drug-likeness (QED) is 0.723. The lowest BCUT2D eigenvalue weighted by Gasteiger charge is -2.38. The van der Waals surface area contributed by atoms with Gasteiger partial charge in [0, 0.05) is 26.2 Å². The molecule has 2 aliphatic heterocycles. The smallest absolute Gasteiger partial charge is 0.248 e. The van der Waals surface area contributed by atoms with Crippen molar-refractivity contribution < 1.29 is 14.3 Å². The zero-order valence-electron chi connectivity index (χ0n) is 17.2. The number of rotatable bonds is 8. The fraction of sp³-hybridized carbons (Fsp3) is 0.652. The lowest BCUT2D eigenvalue weighted by atomic mass is 9.95. The second-order valence-corrected chi connectivity index (χ2v) is 8.89. The van der Waals surface area contributed by atoms with Crippen molar-refractivity contribution in [2.75, 3.05) is 45.9 Å². The Morgan fingerprint density at radius 3 is 2.48 bits per heavy atom. The lowest BCUT2D eigenvalue weighted by molar-refractivity contribution is -0.150. The summed E-state index contributed by atoms with van der Waals surface area (Å²) in [5, 5.41) is 2.96. The first-order valence-electron chi connectivity index (χ1n) is 11.1. The summed E-state index contributed by atoms with van der Waals surface area (Å²) in [7, 11) is 0. The van der Waals surface area contributed by atoms with Crippen LogP contribution in [-0.4, -0.2) is 73.6 Å². The number of carbonyl (C=O) groups is 2. The SMILES string of the molecule is O=C(Cc1ccccc1)NCC1CN(CC2CCN(CC3CC3)CC2)C(=O)CO1. The van der Waals surface area contributed by atoms with E-state index in [2.05, 4.69) is 10.2 Å². The second kappa shape index (κ2) is 9.72. The molecule has 6 heteroatoms. The molecule has 29 heavy (non-hydrogen) atoms. The minimum absolute atomic E-state index is 0.00807. The topological polar surface area (TPSA) is 61.9 Å². The van der Waals surface area contributed by atoms with Crippen LogP contribution in [0, 0.1) is 11.8 Å². The van der Waals surface area contributed by atoms with Crippen LogP contribution in [0.1, 0.15) is 31.2 Å². The monoisotopic (exact) mass is 399 g/mol. The third-order valence-electron chi connectivity index (χ3n) is 6.35. The zero-order chi connectivity index (χ0) is 20.1. The molecule has 6 nitrogen and oxygen atoms in total. The predicted molar refractivity (Wildman–Crippen MR) is 111 cm³/mol. The van der Waals surface area contributed by atoms with Crippen LogP contribution in [-0.2, 0) is 20.7 Å². The maximum Gasteiger partial charge on any atom is 0.248 e. The normalized spacial score (nSPS) is 23.9. The first kappa shape index (κ1) is 20.4. The van der Waals surface area contributed by atoms with Crippen molar-refractivity contribution in [2.45, 2.75) is 38.2 Å². The van der Waals surface area contributed by atoms with Crippen LogP contribution in [0.5, 0.6) is 0 Å². The number of nitrogens with zero attached hydrogens (tertiary/aromatic N) is 2. The molecule has 4 rings (SSSR count). The summed E-state index contributed by atoms with van der Waals surface area (Å²) in [5.74, 6) is 1.61. The fourth-order valence-electron chi connectivity index (χ4n) is 4.38. The molecule has 1 N–H and O–H groups in total. The first-order valence-corrected chi connectivity index (χ1v) is 11.1. The van der Waals surface area contributed by atoms with Gasteiger partial charge in [0.25, 0.3) is 0 Å². The number of piperidine rings is 1. The molecule has 0 bridgehead atoms. The molecular weight excluding hydrogens is 366 g/mol. The average Bonchev–Trinajstić information content (AvgIpc) is 3.55. The minimum atomic E-state index is -0.123. The minimum Gasteiger partial charge on any atom is -0.365 e. The molecule has 158 valence electrons. The summed E-state index contributed by atoms with van der Waals surface area (Å²) in [6.07, 6.45) is 5.42. The summed E-state index contributed by atoms with van der Waals surface area (Å²) in [6, 6.07) is 9.72. The number of likely N-dealkylation sites (tertiary alicyclic amines) is 1. The van der Waals surface area contributed by atoms with Gasteiger partial charge in [0.15, 0.2) is 0 Å². The summed E-state index contributed by atoms with van der Waals surface area (Å²) in [5.41, 5.74) is 0.999. The van der Waals surface area contributed by atoms with Gasteiger partial charge >= 0.3 is 0 Å². The van der Waals surface area contributed by atoms with Crippen molar-refractivity contribution in [2.24, 2.45) is 11.8 Å². The van der Waals surface area contributed by atoms with Crippen molar-refractivity contribution in [3.63, 3.8) is 0 Å². The Labute approximate surface area is 173 Å². The molecule has 2 amide bonds. The van der Waals surface area contributed by atoms with Gasteiger partial charge in [-0.3, -0.25) is 9.59 Å². The van der Waals surface area contributed by atoms with Crippen molar-refractivity contribution in [1.82, 2.24) is 15.1 Å². The van der Waals surface area contributed by atoms with Gasteiger partial charge in [-0.05, 0) is 56.2 Å². The maximum atomic E-state index is 12.3. The van der Waals surface area contributed by atoms with Gasteiger partial charge in [-0.2, -0.15) is 0 Å². The van der Waals surface area contributed by atoms with Crippen molar-refractivity contribution in [3.05, 3.63) is 35.9 Å². The highest BCUT2D eigenvalue weighted by Gasteiger charge is 2.31. The molecule has 2 heterocycles. The van der Waals surface area contributed by atoms with Crippen LogP contribution in [0.3, 0.4) is 0 Å². The predicted octanol–water partition coefficient (Wildman–Crippen LogP) is 1.69. The molecule has 0 spiro atoms. The van der Waals surface area contributed by atoms with E-state index in [9.17, 15) is 9.59 Å². The van der Waals surface area contributed by atoms with Gasteiger partial charge in [0.1, 0.15) is 6.61 Å². The van der Waals surface area contributed by atoms with Crippen molar-refractivity contribution >= 4 is 11.8 Å². The summed E-state index contributed by atoms with van der Waals surface area (Å²) in [6.45, 7) is 5.58. The summed E-state index contributed by atoms with van der Waals surface area (Å²) >= 11 is 0. The highest BCUT2D eigenvalue weighted by Crippen LogP contribution is 2.31. The largest absolute Gasteiger partial charge is 0.365 e. The number of carbonyl (C=O) groups excluding carboxylic acids is 2. The Morgan fingerprint density at radius 1 is 1.03 bits per heavy atom. The number of hydrogen-bond donors (Lipinski definition) is 1. The van der Waals surface area contributed by atoms with E-state index in [1.165, 1.54) is 45.3 Å². The van der Waals surface area contributed by atoms with Crippen molar-refractivity contribution in [1.29, 1.82) is 0 Å². The van der Waals surface area contributed by atoms with Gasteiger partial charge in [-0.1, -0.05) is 30.3 Å². The Hall–Kier alpha value is -1.92. The molecule has 3 fully saturated rings. The van der Waals surface area contributed by atoms with Crippen LogP contribution in [0.4, 0.5) is 0 Å². The van der Waals surface area contributed by atoms with Crippen LogP contribution >= 0.6 is 0 Å². The Balaban J connectivity index is 1.18. The van der Waals surface area contributed by atoms with Gasteiger partial charge in [0.2, 0.25) is 11.8 Å². The van der Waals surface area contributed by atoms with E-state index in [0.717, 1.165) is 18.0 Å². The zero-order valence-corrected chi connectivity index (χ0v) is 17.2. The number of hydrogen-bond acceptors (Lipinski definition) is 4. The van der Waals surface area contributed by atoms with Crippen LogP contribution in [0.15, 0.2) is 30.3 Å². The molecule has 0 aromatic heterocycles. The molecule has 1 aliphatic carbocycles. The standard InChI is InChI=1S/C23H33N3O3/c27-22(12-18-4-2-1-3-5-18)24-13-21-16-26(23(28)17-29-21)15-20-8-10-25(11-9-20)14-19-6-7-19/h1-5,19-21H,6-17H2,(H,24,27). The first-order chi connectivity index (χ1) is 14.2. The number of ether oxygens (including phenoxy) is 1. The number of morpholine rings is 1. The molecule has 1 aromatic rings. The Kier molecular flexibility index (Phi) is 6.82. The Bertz CT molecular complexity index is 684. The van der Waals surface area contributed by atoms with E-state index >= 15 is 0 Å². The molecule has 1 saturated carbocycles. The van der Waals surface area contributed by atoms with Crippen LogP contribution in [0.2, 0.25) is 0 Å². The third kappa shape index (κ3) is 6.28. The van der Waals surface area contributed by atoms with E-state index in [1.54, 1.807) is 0 Å². The van der Waals surface area contributed by atoms with E-state index < -0.39 is 0 Å². The van der Waals surface area contributed by atoms with Gasteiger partial charge < -0.3 is 19.9 Å². The average molecular weight is 400 g/mol. The molecular formula is C23H33N3O3. The molecule has 1 unspecified atom stereocenters. The molecule has 0 radical (unpaired) electrons. The summed E-state index contributed by atoms with van der Waals surface area (Å²) in [4.78, 5) is 29.0. The Morgan fingerprint density at radius 2 is 1.76 bits per heavy atom. The number of nitrogens with one attached hydrogen (secondary N) is 1. The third-order valence-corrected chi connectivity index (χ3v) is 6.35. The van der Waals surface area contributed by atoms with Gasteiger partial charge in [0.05, 0.1) is 12.5 Å². The van der Waals surface area contributed by atoms with E-state index in [0.29, 0.717) is 25.4 Å². The highest BCUT2D eigenvalue weighted by atomic mass is 16.5. The molecule has 3 aliphatic rings. The van der Waals surface area contributed by atoms with Gasteiger partial charge in [-0.25, -0.2) is 0 Å². The molecule has 2 saturated heterocycles. The molecule has 1 aromatic carbocycles. The number of amides is 2. The van der Waals surface area contributed by atoms with Crippen LogP contribution < -0.4 is 5.32 Å². The van der Waals surface area contributed by atoms with E-state index in [-0.39, 0.29) is 24.5 Å². The molecule has 1 atom stereocenters. The van der Waals surface area contributed by atoms with Crippen LogP contribution in [0.25, 0.3) is 0 Å². The highest BCUT2D eigenvalue weighted by molar-refractivity contribution is 5.79. The van der Waals surface area contributed by atoms with E-state index in [1.807, 2.05) is 35.2 Å². The lowest BCUT2D eigenvalue weighted by Crippen LogP contribution is -2.52. The van der Waals surface area contributed by atoms with Gasteiger partial charge in [-0.15, -0.1) is 0 Å².